The Hall–Kier alpha value is -4.64. The molecule has 0 amide bonds. The number of allylic oxidation sites excluding steroid dienone is 3. The van der Waals surface area contributed by atoms with Crippen LogP contribution < -0.4 is 18.5 Å². The number of fused-ring (bicyclic) bond motifs is 8. The molecule has 44 heavy (non-hydrogen) atoms. The van der Waals surface area contributed by atoms with Crippen LogP contribution >= 0.6 is 0 Å². The molecule has 3 aromatic rings. The van der Waals surface area contributed by atoms with Crippen LogP contribution in [-0.2, 0) is 14.7 Å². The molecule has 0 fully saturated rings. The molecule has 2 heterocycles. The third kappa shape index (κ3) is 6.47. The third-order valence-corrected chi connectivity index (χ3v) is 9.09. The van der Waals surface area contributed by atoms with Gasteiger partial charge in [-0.1, -0.05) is 17.7 Å². The van der Waals surface area contributed by atoms with Crippen molar-refractivity contribution >= 4 is 38.0 Å². The first-order valence-electron chi connectivity index (χ1n) is 13.6. The Bertz CT molecular complexity index is 1770. The number of methoxy groups -OCH3 is 3. The van der Waals surface area contributed by atoms with E-state index in [-0.39, 0.29) is 40.1 Å². The van der Waals surface area contributed by atoms with E-state index in [0.29, 0.717) is 46.1 Å². The number of non-ortho nitro benzene ring substituents is 1. The van der Waals surface area contributed by atoms with Crippen molar-refractivity contribution in [2.24, 2.45) is 0 Å². The van der Waals surface area contributed by atoms with E-state index >= 15 is 0 Å². The van der Waals surface area contributed by atoms with E-state index in [1.165, 1.54) is 37.8 Å². The monoisotopic (exact) mass is 622 g/mol. The minimum absolute atomic E-state index is 0.0138. The molecule has 12 heteroatoms. The van der Waals surface area contributed by atoms with Gasteiger partial charge in [0, 0.05) is 29.0 Å². The van der Waals surface area contributed by atoms with E-state index in [1.54, 1.807) is 26.0 Å². The van der Waals surface area contributed by atoms with Crippen LogP contribution in [0, 0.1) is 23.7 Å². The van der Waals surface area contributed by atoms with Gasteiger partial charge in [-0.05, 0) is 69.4 Å². The van der Waals surface area contributed by atoms with Crippen LogP contribution in [0.4, 0.5) is 11.4 Å². The summed E-state index contributed by atoms with van der Waals surface area (Å²) >= 11 is 0. The SMILES string of the molecule is COc1c(C)cc2c(OC)c3cc(OC)c2c1C(=O)/C(C)=C/CCC/C=C(\C)CN3S(=O)(=O)c1ccc([N+](=O)[O-])cc1.[C-]#[O+]. The van der Waals surface area contributed by atoms with Gasteiger partial charge in [-0.2, -0.15) is 0 Å². The van der Waals surface area contributed by atoms with Crippen LogP contribution in [0.1, 0.15) is 49.0 Å². The van der Waals surface area contributed by atoms with Crippen molar-refractivity contribution in [2.45, 2.75) is 44.9 Å². The van der Waals surface area contributed by atoms with Crippen LogP contribution in [0.15, 0.2) is 64.6 Å². The number of benzene rings is 3. The van der Waals surface area contributed by atoms with Crippen LogP contribution in [0.25, 0.3) is 10.8 Å². The number of nitro groups is 1. The molecular weight excluding hydrogens is 588 g/mol. The molecule has 0 aliphatic carbocycles. The fourth-order valence-electron chi connectivity index (χ4n) is 5.21. The van der Waals surface area contributed by atoms with Crippen molar-refractivity contribution in [3.05, 3.63) is 87.6 Å². The first kappa shape index (κ1) is 33.9. The Morgan fingerprint density at radius 3 is 2.11 bits per heavy atom. The number of carbonyl (C=O) groups is 1. The molecule has 0 unspecified atom stereocenters. The molecule has 11 nitrogen and oxygen atoms in total. The molecular formula is C32H34N2O9S. The zero-order valence-corrected chi connectivity index (χ0v) is 26.2. The van der Waals surface area contributed by atoms with Gasteiger partial charge in [0.15, 0.2) is 11.5 Å². The van der Waals surface area contributed by atoms with E-state index < -0.39 is 14.9 Å². The summed E-state index contributed by atoms with van der Waals surface area (Å²) in [5.74, 6) is 0.646. The second-order valence-electron chi connectivity index (χ2n) is 10.1. The van der Waals surface area contributed by atoms with Gasteiger partial charge in [0.05, 0.1) is 48.9 Å². The number of anilines is 1. The standard InChI is InChI=1S/C31H34N2O8S.CO/c1-19-10-8-7-9-11-20(2)29(34)28-27-24(16-21(3)30(28)40-5)31(41-6)25(17-26(27)39-4)32(18-19)42(37,38)23-14-12-22(13-15-23)33(35)36;1-2/h10-17H,7-9,18H2,1-6H3;/b19-10+,20-11+;. The molecule has 232 valence electrons. The number of ketones is 1. The second-order valence-corrected chi connectivity index (χ2v) is 12.0. The van der Waals surface area contributed by atoms with Crippen LogP contribution in [0.5, 0.6) is 17.2 Å². The van der Waals surface area contributed by atoms with Crippen molar-refractivity contribution in [1.82, 2.24) is 0 Å². The number of hydrogen-bond donors (Lipinski definition) is 0. The van der Waals surface area contributed by atoms with Gasteiger partial charge in [-0.25, -0.2) is 8.42 Å². The van der Waals surface area contributed by atoms with Gasteiger partial charge in [-0.15, -0.1) is 0 Å². The first-order chi connectivity index (χ1) is 21.0. The van der Waals surface area contributed by atoms with Crippen molar-refractivity contribution in [1.29, 1.82) is 0 Å². The molecule has 2 aliphatic heterocycles. The average molecular weight is 623 g/mol. The summed E-state index contributed by atoms with van der Waals surface area (Å²) in [5.41, 5.74) is 2.28. The number of nitrogens with zero attached hydrogens (tertiary/aromatic N) is 2. The summed E-state index contributed by atoms with van der Waals surface area (Å²) in [7, 11) is 0.118. The molecule has 0 saturated heterocycles. The maximum absolute atomic E-state index is 14.2. The maximum atomic E-state index is 14.2. The Kier molecular flexibility index (Phi) is 10.9. The zero-order valence-electron chi connectivity index (χ0n) is 25.4. The summed E-state index contributed by atoms with van der Waals surface area (Å²) in [6.45, 7) is 9.91. The number of Topliss-reactive ketones (excluding diaryl/α,β-unsaturated/α-hetero) is 1. The molecule has 0 aromatic heterocycles. The normalized spacial score (nSPS) is 16.5. The third-order valence-electron chi connectivity index (χ3n) is 7.32. The number of hydrogen-bond acceptors (Lipinski definition) is 8. The topological polar surface area (TPSA) is 145 Å². The molecule has 4 bridgehead atoms. The fraction of sp³-hybridized carbons (Fsp3) is 0.312. The van der Waals surface area contributed by atoms with Gasteiger partial charge in [0.25, 0.3) is 15.7 Å². The van der Waals surface area contributed by atoms with Crippen LogP contribution in [0.2, 0.25) is 0 Å². The Morgan fingerprint density at radius 2 is 1.55 bits per heavy atom. The Labute approximate surface area is 256 Å². The van der Waals surface area contributed by atoms with Crippen LogP contribution in [-0.4, -0.2) is 47.0 Å². The summed E-state index contributed by atoms with van der Waals surface area (Å²) < 4.78 is 54.6. The van der Waals surface area contributed by atoms with Crippen molar-refractivity contribution in [2.75, 3.05) is 32.2 Å². The average Bonchev–Trinajstić information content (AvgIpc) is 3.02. The second kappa shape index (κ2) is 14.2. The van der Waals surface area contributed by atoms with Gasteiger partial charge < -0.3 is 14.2 Å². The first-order valence-corrected chi connectivity index (χ1v) is 15.0. The molecule has 0 spiro atoms. The predicted molar refractivity (Wildman–Crippen MR) is 166 cm³/mol. The van der Waals surface area contributed by atoms with Gasteiger partial charge in [0.2, 0.25) is 0 Å². The number of sulfonamides is 1. The Balaban J connectivity index is 0.00000259. The molecule has 0 radical (unpaired) electrons. The van der Waals surface area contributed by atoms with E-state index in [0.717, 1.165) is 24.1 Å². The number of aryl methyl sites for hydroxylation is 1. The number of ether oxygens (including phenoxy) is 3. The van der Waals surface area contributed by atoms with Crippen molar-refractivity contribution < 1.29 is 37.0 Å². The predicted octanol–water partition coefficient (Wildman–Crippen LogP) is 6.50. The minimum atomic E-state index is -4.26. The zero-order chi connectivity index (χ0) is 32.8. The van der Waals surface area contributed by atoms with Crippen molar-refractivity contribution in [3.8, 4) is 17.2 Å². The molecule has 5 rings (SSSR count). The van der Waals surface area contributed by atoms with E-state index in [9.17, 15) is 23.3 Å². The molecule has 0 atom stereocenters. The Morgan fingerprint density at radius 1 is 0.932 bits per heavy atom. The number of rotatable bonds is 6. The molecule has 3 aromatic carbocycles. The van der Waals surface area contributed by atoms with E-state index in [2.05, 4.69) is 6.65 Å². The quantitative estimate of drug-likeness (QED) is 0.0996. The van der Waals surface area contributed by atoms with Crippen molar-refractivity contribution in [3.63, 3.8) is 0 Å². The summed E-state index contributed by atoms with van der Waals surface area (Å²) in [4.78, 5) is 24.4. The van der Waals surface area contributed by atoms with Gasteiger partial charge in [-0.3, -0.25) is 19.2 Å². The molecule has 0 saturated carbocycles. The van der Waals surface area contributed by atoms with E-state index in [4.69, 9.17) is 18.9 Å². The summed E-state index contributed by atoms with van der Waals surface area (Å²) in [5, 5.41) is 12.1. The molecule has 0 N–H and O–H groups in total. The number of carbonyl (C=O) groups excluding carboxylic acids is 1. The van der Waals surface area contributed by atoms with Gasteiger partial charge >= 0.3 is 11.3 Å². The summed E-state index contributed by atoms with van der Waals surface area (Å²) in [6, 6.07) is 8.07. The molecule has 2 aliphatic rings. The van der Waals surface area contributed by atoms with Gasteiger partial charge in [0.1, 0.15) is 11.5 Å². The number of nitro benzene ring substituents is 1. The van der Waals surface area contributed by atoms with Crippen LogP contribution in [0.3, 0.4) is 0 Å². The van der Waals surface area contributed by atoms with E-state index in [1.807, 2.05) is 19.1 Å². The fourth-order valence-corrected chi connectivity index (χ4v) is 6.71. The summed E-state index contributed by atoms with van der Waals surface area (Å²) in [6.07, 6.45) is 5.96.